The molecular formula is C12H13ClO2. The third kappa shape index (κ3) is 2.51. The van der Waals surface area contributed by atoms with Gasteiger partial charge < -0.3 is 4.74 Å². The Morgan fingerprint density at radius 1 is 1.47 bits per heavy atom. The highest BCUT2D eigenvalue weighted by molar-refractivity contribution is 6.30. The quantitative estimate of drug-likeness (QED) is 0.772. The van der Waals surface area contributed by atoms with E-state index >= 15 is 0 Å². The lowest BCUT2D eigenvalue weighted by molar-refractivity contribution is -0.117. The molecule has 1 aliphatic carbocycles. The summed E-state index contributed by atoms with van der Waals surface area (Å²) in [5, 5.41) is 0.667. The Balaban J connectivity index is 2.10. The molecule has 0 bridgehead atoms. The van der Waals surface area contributed by atoms with E-state index in [1.165, 1.54) is 0 Å². The number of carbonyl (C=O) groups is 1. The summed E-state index contributed by atoms with van der Waals surface area (Å²) in [6, 6.07) is 5.57. The van der Waals surface area contributed by atoms with Crippen molar-refractivity contribution in [3.05, 3.63) is 28.8 Å². The Morgan fingerprint density at radius 3 is 2.93 bits per heavy atom. The van der Waals surface area contributed by atoms with Gasteiger partial charge in [-0.05, 0) is 31.0 Å². The highest BCUT2D eigenvalue weighted by Crippen LogP contribution is 2.27. The van der Waals surface area contributed by atoms with Crippen molar-refractivity contribution < 1.29 is 9.53 Å². The van der Waals surface area contributed by atoms with Crippen LogP contribution in [0.25, 0.3) is 0 Å². The Hall–Kier alpha value is -1.02. The maximum Gasteiger partial charge on any atom is 0.136 e. The number of benzene rings is 1. The summed E-state index contributed by atoms with van der Waals surface area (Å²) in [7, 11) is 0. The van der Waals surface area contributed by atoms with E-state index in [1.54, 1.807) is 6.07 Å². The molecule has 0 amide bonds. The lowest BCUT2D eigenvalue weighted by atomic mass is 10.2. The van der Waals surface area contributed by atoms with Gasteiger partial charge in [0.1, 0.15) is 17.6 Å². The van der Waals surface area contributed by atoms with Crippen LogP contribution in [0.15, 0.2) is 18.2 Å². The summed E-state index contributed by atoms with van der Waals surface area (Å²) in [5.74, 6) is 1.09. The van der Waals surface area contributed by atoms with Gasteiger partial charge in [0.15, 0.2) is 0 Å². The van der Waals surface area contributed by atoms with E-state index < -0.39 is 0 Å². The molecule has 0 aromatic heterocycles. The number of ketones is 1. The van der Waals surface area contributed by atoms with Gasteiger partial charge in [-0.15, -0.1) is 0 Å². The first-order chi connectivity index (χ1) is 7.15. The summed E-state index contributed by atoms with van der Waals surface area (Å²) in [6.07, 6.45) is 2.04. The number of Topliss-reactive ketones (excluding diaryl/α,β-unsaturated/α-hetero) is 1. The zero-order valence-corrected chi connectivity index (χ0v) is 9.38. The third-order valence-electron chi connectivity index (χ3n) is 2.64. The predicted molar refractivity (Wildman–Crippen MR) is 59.5 cm³/mol. The summed E-state index contributed by atoms with van der Waals surface area (Å²) < 4.78 is 5.75. The lowest BCUT2D eigenvalue weighted by Crippen LogP contribution is -2.12. The number of hydrogen-bond acceptors (Lipinski definition) is 2. The van der Waals surface area contributed by atoms with Crippen LogP contribution in [0.4, 0.5) is 0 Å². The van der Waals surface area contributed by atoms with E-state index in [4.69, 9.17) is 16.3 Å². The Labute approximate surface area is 94.2 Å². The van der Waals surface area contributed by atoms with Crippen LogP contribution >= 0.6 is 11.6 Å². The largest absolute Gasteiger partial charge is 0.490 e. The number of rotatable bonds is 2. The molecule has 1 unspecified atom stereocenters. The van der Waals surface area contributed by atoms with Crippen LogP contribution in [-0.2, 0) is 4.79 Å². The molecule has 0 N–H and O–H groups in total. The Bertz CT molecular complexity index is 387. The summed E-state index contributed by atoms with van der Waals surface area (Å²) in [6.45, 7) is 1.97. The number of carbonyl (C=O) groups excluding carboxylic acids is 1. The molecule has 1 aliphatic rings. The average Bonchev–Trinajstić information content (AvgIpc) is 2.58. The molecule has 1 saturated carbocycles. The van der Waals surface area contributed by atoms with Gasteiger partial charge in [-0.1, -0.05) is 17.7 Å². The van der Waals surface area contributed by atoms with Crippen LogP contribution in [0.3, 0.4) is 0 Å². The maximum absolute atomic E-state index is 11.1. The van der Waals surface area contributed by atoms with Gasteiger partial charge in [0.25, 0.3) is 0 Å². The molecule has 1 fully saturated rings. The van der Waals surface area contributed by atoms with Crippen molar-refractivity contribution in [1.29, 1.82) is 0 Å². The maximum atomic E-state index is 11.1. The number of ether oxygens (including phenoxy) is 1. The first kappa shape index (κ1) is 10.5. The van der Waals surface area contributed by atoms with E-state index in [0.29, 0.717) is 23.6 Å². The van der Waals surface area contributed by atoms with Gasteiger partial charge in [-0.25, -0.2) is 0 Å². The van der Waals surface area contributed by atoms with E-state index in [-0.39, 0.29) is 6.10 Å². The fourth-order valence-corrected chi connectivity index (χ4v) is 1.92. The van der Waals surface area contributed by atoms with Crippen LogP contribution in [0.2, 0.25) is 5.02 Å². The van der Waals surface area contributed by atoms with Crippen molar-refractivity contribution in [2.45, 2.75) is 32.3 Å². The highest BCUT2D eigenvalue weighted by atomic mass is 35.5. The van der Waals surface area contributed by atoms with Gasteiger partial charge in [-0.3, -0.25) is 4.79 Å². The second-order valence-electron chi connectivity index (χ2n) is 3.93. The Morgan fingerprint density at radius 2 is 2.27 bits per heavy atom. The molecule has 0 aliphatic heterocycles. The van der Waals surface area contributed by atoms with Crippen LogP contribution < -0.4 is 4.74 Å². The van der Waals surface area contributed by atoms with Crippen molar-refractivity contribution in [3.63, 3.8) is 0 Å². The number of aryl methyl sites for hydroxylation is 1. The van der Waals surface area contributed by atoms with E-state index in [0.717, 1.165) is 17.7 Å². The van der Waals surface area contributed by atoms with E-state index in [2.05, 4.69) is 0 Å². The fourth-order valence-electron chi connectivity index (χ4n) is 1.76. The topological polar surface area (TPSA) is 26.3 Å². The minimum Gasteiger partial charge on any atom is -0.490 e. The number of hydrogen-bond donors (Lipinski definition) is 0. The second-order valence-corrected chi connectivity index (χ2v) is 4.37. The molecule has 3 heteroatoms. The molecule has 15 heavy (non-hydrogen) atoms. The summed E-state index contributed by atoms with van der Waals surface area (Å²) in [5.41, 5.74) is 1.05. The van der Waals surface area contributed by atoms with E-state index in [9.17, 15) is 4.79 Å². The van der Waals surface area contributed by atoms with Gasteiger partial charge in [0.2, 0.25) is 0 Å². The van der Waals surface area contributed by atoms with Crippen LogP contribution in [0.1, 0.15) is 24.8 Å². The molecule has 1 atom stereocenters. The van der Waals surface area contributed by atoms with Gasteiger partial charge in [-0.2, -0.15) is 0 Å². The van der Waals surface area contributed by atoms with Crippen molar-refractivity contribution in [2.75, 3.05) is 0 Å². The fraction of sp³-hybridized carbons (Fsp3) is 0.417. The standard InChI is InChI=1S/C12H13ClO2/c1-8-2-3-9(13)6-12(8)15-11-5-4-10(14)7-11/h2-3,6,11H,4-5,7H2,1H3. The molecule has 80 valence electrons. The van der Waals surface area contributed by atoms with Crippen molar-refractivity contribution in [3.8, 4) is 5.75 Å². The zero-order chi connectivity index (χ0) is 10.8. The van der Waals surface area contributed by atoms with Crippen molar-refractivity contribution >= 4 is 17.4 Å². The monoisotopic (exact) mass is 224 g/mol. The average molecular weight is 225 g/mol. The number of halogens is 1. The molecule has 2 rings (SSSR count). The minimum absolute atomic E-state index is 0.0367. The summed E-state index contributed by atoms with van der Waals surface area (Å²) >= 11 is 5.88. The van der Waals surface area contributed by atoms with Crippen molar-refractivity contribution in [2.24, 2.45) is 0 Å². The second kappa shape index (κ2) is 4.23. The Kier molecular flexibility index (Phi) is 2.96. The predicted octanol–water partition coefficient (Wildman–Crippen LogP) is 3.15. The molecule has 2 nitrogen and oxygen atoms in total. The van der Waals surface area contributed by atoms with Crippen LogP contribution in [0.5, 0.6) is 5.75 Å². The summed E-state index contributed by atoms with van der Waals surface area (Å²) in [4.78, 5) is 11.1. The normalized spacial score (nSPS) is 20.7. The molecule has 1 aromatic rings. The van der Waals surface area contributed by atoms with Gasteiger partial charge in [0, 0.05) is 17.9 Å². The van der Waals surface area contributed by atoms with Gasteiger partial charge in [0.05, 0.1) is 0 Å². The molecule has 0 saturated heterocycles. The minimum atomic E-state index is 0.0367. The smallest absolute Gasteiger partial charge is 0.136 e. The van der Waals surface area contributed by atoms with Gasteiger partial charge >= 0.3 is 0 Å². The molecule has 0 heterocycles. The van der Waals surface area contributed by atoms with Crippen LogP contribution in [-0.4, -0.2) is 11.9 Å². The molecule has 0 radical (unpaired) electrons. The molecule has 0 spiro atoms. The molecular weight excluding hydrogens is 212 g/mol. The van der Waals surface area contributed by atoms with E-state index in [1.807, 2.05) is 19.1 Å². The zero-order valence-electron chi connectivity index (χ0n) is 8.63. The van der Waals surface area contributed by atoms with Crippen molar-refractivity contribution in [1.82, 2.24) is 0 Å². The first-order valence-electron chi connectivity index (χ1n) is 5.09. The highest BCUT2D eigenvalue weighted by Gasteiger charge is 2.23. The lowest BCUT2D eigenvalue weighted by Gasteiger charge is -2.14. The first-order valence-corrected chi connectivity index (χ1v) is 5.47. The molecule has 1 aromatic carbocycles. The third-order valence-corrected chi connectivity index (χ3v) is 2.88. The SMILES string of the molecule is Cc1ccc(Cl)cc1OC1CCC(=O)C1. The van der Waals surface area contributed by atoms with Crippen LogP contribution in [0, 0.1) is 6.92 Å².